The summed E-state index contributed by atoms with van der Waals surface area (Å²) in [5, 5.41) is 2.65. The van der Waals surface area contributed by atoms with E-state index in [4.69, 9.17) is 0 Å². The Morgan fingerprint density at radius 1 is 1.36 bits per heavy atom. The molecule has 2 unspecified atom stereocenters. The van der Waals surface area contributed by atoms with Crippen LogP contribution in [0.2, 0.25) is 0 Å². The molecule has 0 bridgehead atoms. The molecule has 1 aromatic heterocycles. The topological polar surface area (TPSA) is 62.3 Å². The molecule has 1 aliphatic carbocycles. The highest BCUT2D eigenvalue weighted by Crippen LogP contribution is 2.32. The maximum atomic E-state index is 13.5. The van der Waals surface area contributed by atoms with Crippen LogP contribution in [-0.4, -0.2) is 53.3 Å². The Bertz CT molecular complexity index is 795. The van der Waals surface area contributed by atoms with Crippen LogP contribution in [0.15, 0.2) is 42.1 Å². The van der Waals surface area contributed by atoms with Crippen LogP contribution in [0.3, 0.4) is 0 Å². The molecular formula is C20H22F3N3O2. The number of aromatic nitrogens is 1. The zero-order chi connectivity index (χ0) is 20.3. The average Bonchev–Trinajstić information content (AvgIpc) is 2.66. The maximum absolute atomic E-state index is 13.5. The number of piperidine rings is 1. The Hall–Kier alpha value is -2.48. The van der Waals surface area contributed by atoms with Crippen LogP contribution in [0.1, 0.15) is 30.1 Å². The van der Waals surface area contributed by atoms with Crippen molar-refractivity contribution in [2.24, 2.45) is 0 Å². The number of carbonyl (C=O) groups excluding carboxylic acids is 2. The number of allylic oxidation sites excluding steroid dienone is 3. The lowest BCUT2D eigenvalue weighted by Crippen LogP contribution is -2.45. The van der Waals surface area contributed by atoms with E-state index in [9.17, 15) is 22.8 Å². The summed E-state index contributed by atoms with van der Waals surface area (Å²) >= 11 is 0. The average molecular weight is 393 g/mol. The van der Waals surface area contributed by atoms with Crippen molar-refractivity contribution >= 4 is 11.7 Å². The molecule has 1 saturated heterocycles. The van der Waals surface area contributed by atoms with E-state index >= 15 is 0 Å². The molecule has 5 nitrogen and oxygen atoms in total. The first-order valence-corrected chi connectivity index (χ1v) is 9.16. The van der Waals surface area contributed by atoms with E-state index in [1.807, 2.05) is 24.0 Å². The summed E-state index contributed by atoms with van der Waals surface area (Å²) in [4.78, 5) is 30.3. The van der Waals surface area contributed by atoms with Crippen molar-refractivity contribution in [3.05, 3.63) is 53.4 Å². The number of hydrogen-bond donors (Lipinski definition) is 1. The molecule has 0 saturated carbocycles. The number of nitrogens with one attached hydrogen (secondary N) is 1. The van der Waals surface area contributed by atoms with Gasteiger partial charge in [-0.25, -0.2) is 13.2 Å². The van der Waals surface area contributed by atoms with Gasteiger partial charge in [-0.05, 0) is 30.7 Å². The predicted molar refractivity (Wildman–Crippen MR) is 97.6 cm³/mol. The molecule has 2 aliphatic rings. The van der Waals surface area contributed by atoms with Gasteiger partial charge < -0.3 is 5.32 Å². The minimum atomic E-state index is -2.68. The van der Waals surface area contributed by atoms with E-state index in [0.717, 1.165) is 17.3 Å². The predicted octanol–water partition coefficient (Wildman–Crippen LogP) is 2.68. The SMILES string of the molecule is Cc1ccc(C(CNC(=O)C2=CC=CC(F)C2=O)N2CCC(F)(F)CC2)cn1. The number of hydrogen-bond acceptors (Lipinski definition) is 4. The van der Waals surface area contributed by atoms with E-state index in [1.165, 1.54) is 12.2 Å². The number of ketones is 1. The Kier molecular flexibility index (Phi) is 5.98. The lowest BCUT2D eigenvalue weighted by atomic mass is 9.99. The first-order valence-electron chi connectivity index (χ1n) is 9.16. The number of amides is 1. The number of alkyl halides is 3. The van der Waals surface area contributed by atoms with E-state index in [0.29, 0.717) is 0 Å². The number of aryl methyl sites for hydroxylation is 1. The van der Waals surface area contributed by atoms with Crippen LogP contribution < -0.4 is 5.32 Å². The number of nitrogens with zero attached hydrogens (tertiary/aromatic N) is 2. The molecule has 1 N–H and O–H groups in total. The van der Waals surface area contributed by atoms with Crippen LogP contribution in [0.4, 0.5) is 13.2 Å². The number of carbonyl (C=O) groups is 2. The van der Waals surface area contributed by atoms with Gasteiger partial charge in [0.1, 0.15) is 0 Å². The van der Waals surface area contributed by atoms with Crippen LogP contribution in [0.25, 0.3) is 0 Å². The zero-order valence-corrected chi connectivity index (χ0v) is 15.5. The Morgan fingerprint density at radius 3 is 2.71 bits per heavy atom. The fraction of sp³-hybridized carbons (Fsp3) is 0.450. The Morgan fingerprint density at radius 2 is 2.07 bits per heavy atom. The van der Waals surface area contributed by atoms with Gasteiger partial charge in [0.2, 0.25) is 5.78 Å². The number of likely N-dealkylation sites (tertiary alicyclic amines) is 1. The van der Waals surface area contributed by atoms with Gasteiger partial charge in [-0.15, -0.1) is 0 Å². The minimum Gasteiger partial charge on any atom is -0.350 e. The maximum Gasteiger partial charge on any atom is 0.255 e. The van der Waals surface area contributed by atoms with Gasteiger partial charge in [-0.2, -0.15) is 0 Å². The quantitative estimate of drug-likeness (QED) is 0.782. The summed E-state index contributed by atoms with van der Waals surface area (Å²) < 4.78 is 40.6. The highest BCUT2D eigenvalue weighted by atomic mass is 19.3. The van der Waals surface area contributed by atoms with Gasteiger partial charge in [0.15, 0.2) is 6.17 Å². The molecule has 150 valence electrons. The van der Waals surface area contributed by atoms with Gasteiger partial charge in [0, 0.05) is 44.4 Å². The normalized spacial score (nSPS) is 23.2. The molecule has 28 heavy (non-hydrogen) atoms. The monoisotopic (exact) mass is 393 g/mol. The number of pyridine rings is 1. The Balaban J connectivity index is 1.73. The van der Waals surface area contributed by atoms with Gasteiger partial charge in [-0.1, -0.05) is 12.1 Å². The second-order valence-electron chi connectivity index (χ2n) is 7.08. The second kappa shape index (κ2) is 8.26. The van der Waals surface area contributed by atoms with Crippen molar-refractivity contribution in [1.29, 1.82) is 0 Å². The molecule has 0 aromatic carbocycles. The number of halogens is 3. The van der Waals surface area contributed by atoms with Crippen LogP contribution in [0, 0.1) is 6.92 Å². The van der Waals surface area contributed by atoms with Crippen molar-refractivity contribution in [3.8, 4) is 0 Å². The van der Waals surface area contributed by atoms with E-state index in [2.05, 4.69) is 10.3 Å². The van der Waals surface area contributed by atoms with Crippen molar-refractivity contribution in [1.82, 2.24) is 15.2 Å². The third kappa shape index (κ3) is 4.67. The van der Waals surface area contributed by atoms with Crippen LogP contribution in [-0.2, 0) is 9.59 Å². The molecule has 0 radical (unpaired) electrons. The first kappa shape index (κ1) is 20.3. The summed E-state index contributed by atoms with van der Waals surface area (Å²) in [7, 11) is 0. The summed E-state index contributed by atoms with van der Waals surface area (Å²) in [5.41, 5.74) is 1.35. The fourth-order valence-electron chi connectivity index (χ4n) is 3.34. The summed E-state index contributed by atoms with van der Waals surface area (Å²) in [5.74, 6) is -4.24. The minimum absolute atomic E-state index is 0.0977. The molecule has 0 spiro atoms. The van der Waals surface area contributed by atoms with Crippen molar-refractivity contribution in [3.63, 3.8) is 0 Å². The summed E-state index contributed by atoms with van der Waals surface area (Å²) in [6, 6.07) is 3.29. The zero-order valence-electron chi connectivity index (χ0n) is 15.5. The molecular weight excluding hydrogens is 371 g/mol. The highest BCUT2D eigenvalue weighted by molar-refractivity contribution is 6.22. The molecule has 2 heterocycles. The standard InChI is InChI=1S/C20H22F3N3O2/c1-13-5-6-14(11-24-13)17(26-9-7-20(22,23)8-10-26)12-25-19(28)15-3-2-4-16(21)18(15)27/h2-6,11,16-17H,7-10,12H2,1H3,(H,25,28). The van der Waals surface area contributed by atoms with E-state index in [-0.39, 0.29) is 44.1 Å². The molecule has 2 atom stereocenters. The van der Waals surface area contributed by atoms with Gasteiger partial charge in [0.05, 0.1) is 11.6 Å². The third-order valence-corrected chi connectivity index (χ3v) is 5.05. The third-order valence-electron chi connectivity index (χ3n) is 5.05. The molecule has 8 heteroatoms. The van der Waals surface area contributed by atoms with Gasteiger partial charge in [-0.3, -0.25) is 19.5 Å². The van der Waals surface area contributed by atoms with Gasteiger partial charge >= 0.3 is 0 Å². The molecule has 1 amide bonds. The van der Waals surface area contributed by atoms with Crippen LogP contribution >= 0.6 is 0 Å². The van der Waals surface area contributed by atoms with E-state index in [1.54, 1.807) is 6.20 Å². The largest absolute Gasteiger partial charge is 0.350 e. The Labute approximate surface area is 161 Å². The van der Waals surface area contributed by atoms with Crippen molar-refractivity contribution in [2.45, 2.75) is 37.9 Å². The van der Waals surface area contributed by atoms with Crippen molar-refractivity contribution < 1.29 is 22.8 Å². The molecule has 1 aliphatic heterocycles. The molecule has 3 rings (SSSR count). The smallest absolute Gasteiger partial charge is 0.255 e. The number of Topliss-reactive ketones (excluding diaryl/α,β-unsaturated/α-hetero) is 1. The highest BCUT2D eigenvalue weighted by Gasteiger charge is 2.37. The van der Waals surface area contributed by atoms with Gasteiger partial charge in [0.25, 0.3) is 11.8 Å². The second-order valence-corrected chi connectivity index (χ2v) is 7.08. The lowest BCUT2D eigenvalue weighted by molar-refractivity contribution is -0.124. The fourth-order valence-corrected chi connectivity index (χ4v) is 3.34. The van der Waals surface area contributed by atoms with Crippen molar-refractivity contribution in [2.75, 3.05) is 19.6 Å². The van der Waals surface area contributed by atoms with E-state index < -0.39 is 23.8 Å². The summed E-state index contributed by atoms with van der Waals surface area (Å²) in [6.45, 7) is 2.29. The molecule has 1 aromatic rings. The lowest BCUT2D eigenvalue weighted by Gasteiger charge is -2.37. The molecule has 1 fully saturated rings. The summed E-state index contributed by atoms with van der Waals surface area (Å²) in [6.07, 6.45) is 3.00. The van der Waals surface area contributed by atoms with Crippen LogP contribution in [0.5, 0.6) is 0 Å². The first-order chi connectivity index (χ1) is 13.3. The number of rotatable bonds is 5.